The average Bonchev–Trinajstić information content (AvgIpc) is 3.01. The minimum absolute atomic E-state index is 0.0864. The first-order chi connectivity index (χ1) is 20.6. The molecule has 4 rings (SSSR count). The number of nitrogens with one attached hydrogen (secondary N) is 2. The number of aliphatic hydroxyl groups is 4. The predicted molar refractivity (Wildman–Crippen MR) is 160 cm³/mol. The predicted octanol–water partition coefficient (Wildman–Crippen LogP) is -1.16. The number of carbonyl (C=O) groups excluding carboxylic acids is 3. The third-order valence-electron chi connectivity index (χ3n) is 8.95. The van der Waals surface area contributed by atoms with Crippen molar-refractivity contribution in [1.29, 1.82) is 0 Å². The first kappa shape index (κ1) is 33.3. The van der Waals surface area contributed by atoms with Crippen molar-refractivity contribution in [3.8, 4) is 5.75 Å². The fourth-order valence-electron chi connectivity index (χ4n) is 6.85. The van der Waals surface area contributed by atoms with Crippen molar-refractivity contribution in [1.82, 2.24) is 15.5 Å². The number of rotatable bonds is 10. The van der Waals surface area contributed by atoms with E-state index in [0.29, 0.717) is 19.4 Å². The fraction of sp³-hybridized carbons (Fsp3) is 0.517. The number of aliphatic hydroxyl groups excluding tert-OH is 2. The van der Waals surface area contributed by atoms with Crippen molar-refractivity contribution < 1.29 is 49.8 Å². The number of nitrogens with two attached hydrogens (primary N) is 1. The Morgan fingerprint density at radius 1 is 1.16 bits per heavy atom. The van der Waals surface area contributed by atoms with Gasteiger partial charge < -0.3 is 41.7 Å². The second-order valence-electron chi connectivity index (χ2n) is 12.1. The number of carbonyl (C=O) groups is 4. The molecule has 0 fully saturated rings. The standard InChI is InChI=1S/C29H40N4O10Si/c1-28(42)13-7-6-9-16(34)18(13)22(35)19-17(44-28)11-14-21(33(2)3)23(36)20(25(38)29(14,43)24(19)37)26(39)32-12-31-15(27(40)41)8-4-5-10-30/h6-7,9,14-15,17,21,31,34,36-37,42-43H,4-5,8,10-12,30,44H2,1-3H3,(H,32,39)(H,40,41)/t14-,15?,17-,21-,28-,29-/m0/s1. The van der Waals surface area contributed by atoms with Crippen molar-refractivity contribution in [3.05, 3.63) is 52.0 Å². The molecule has 2 aliphatic carbocycles. The van der Waals surface area contributed by atoms with Gasteiger partial charge in [-0.2, -0.15) is 0 Å². The van der Waals surface area contributed by atoms with E-state index in [2.05, 4.69) is 10.6 Å². The number of Topliss-reactive ketones (excluding diaryl/α,β-unsaturated/α-hetero) is 2. The van der Waals surface area contributed by atoms with Crippen LogP contribution in [0.15, 0.2) is 40.9 Å². The number of fused-ring (bicyclic) bond motifs is 3. The molecule has 0 bridgehead atoms. The van der Waals surface area contributed by atoms with Gasteiger partial charge in [0.05, 0.1) is 33.0 Å². The van der Waals surface area contributed by atoms with E-state index < -0.39 is 96.8 Å². The molecule has 6 atom stereocenters. The SMILES string of the molecule is CN(C)[C@@H]1C(O)=C(C(=O)NCNC(CCCCN)C(=O)O)C(=O)[C@@]2(O)C(O)=C3C(=O)c4c(O)cccc4[C@@](C)(O)[SiH2][C@H]3C[C@@H]12. The number of amides is 1. The molecule has 0 radical (unpaired) electrons. The molecule has 10 N–H and O–H groups in total. The zero-order valence-corrected chi connectivity index (χ0v) is 26.2. The molecule has 1 heterocycles. The maximum absolute atomic E-state index is 13.9. The van der Waals surface area contributed by atoms with E-state index in [1.165, 1.54) is 30.0 Å². The van der Waals surface area contributed by atoms with Crippen molar-refractivity contribution in [2.45, 2.75) is 61.1 Å². The smallest absolute Gasteiger partial charge is 0.320 e. The molecule has 0 saturated carbocycles. The Morgan fingerprint density at radius 2 is 1.84 bits per heavy atom. The quantitative estimate of drug-likeness (QED) is 0.0641. The summed E-state index contributed by atoms with van der Waals surface area (Å²) in [5, 5.41) is 69.9. The van der Waals surface area contributed by atoms with Crippen LogP contribution in [0.2, 0.25) is 5.54 Å². The number of aliphatic carboxylic acids is 1. The number of allylic oxidation sites excluding steroid dienone is 1. The highest BCUT2D eigenvalue weighted by Gasteiger charge is 2.63. The monoisotopic (exact) mass is 632 g/mol. The lowest BCUT2D eigenvalue weighted by atomic mass is 9.63. The van der Waals surface area contributed by atoms with E-state index in [-0.39, 0.29) is 29.5 Å². The van der Waals surface area contributed by atoms with Gasteiger partial charge in [0.15, 0.2) is 11.4 Å². The highest BCUT2D eigenvalue weighted by atomic mass is 28.2. The summed E-state index contributed by atoms with van der Waals surface area (Å²) in [6.07, 6.45) is 1.26. The summed E-state index contributed by atoms with van der Waals surface area (Å²) in [6, 6.07) is 2.05. The Labute approximate surface area is 256 Å². The molecule has 1 aromatic carbocycles. The number of phenols is 1. The van der Waals surface area contributed by atoms with E-state index in [1.807, 2.05) is 0 Å². The second kappa shape index (κ2) is 12.4. The van der Waals surface area contributed by atoms with Gasteiger partial charge in [0.1, 0.15) is 28.9 Å². The van der Waals surface area contributed by atoms with Crippen molar-refractivity contribution in [2.24, 2.45) is 11.7 Å². The normalized spacial score (nSPS) is 29.7. The highest BCUT2D eigenvalue weighted by molar-refractivity contribution is 6.46. The highest BCUT2D eigenvalue weighted by Crippen LogP contribution is 2.54. The number of carboxylic acids is 1. The Morgan fingerprint density at radius 3 is 2.45 bits per heavy atom. The number of phenolic OH excluding ortho intramolecular Hbond substituents is 1. The third-order valence-corrected chi connectivity index (χ3v) is 11.4. The minimum Gasteiger partial charge on any atom is -0.510 e. The van der Waals surface area contributed by atoms with Gasteiger partial charge in [-0.3, -0.25) is 29.4 Å². The van der Waals surface area contributed by atoms with Crippen LogP contribution in [-0.4, -0.2) is 113 Å². The van der Waals surface area contributed by atoms with E-state index in [9.17, 15) is 49.8 Å². The van der Waals surface area contributed by atoms with Crippen LogP contribution in [0.3, 0.4) is 0 Å². The van der Waals surface area contributed by atoms with Gasteiger partial charge in [-0.25, -0.2) is 0 Å². The van der Waals surface area contributed by atoms with Crippen LogP contribution in [0, 0.1) is 5.92 Å². The number of benzene rings is 1. The number of hydrogen-bond donors (Lipinski definition) is 9. The van der Waals surface area contributed by atoms with Gasteiger partial charge in [-0.05, 0) is 64.0 Å². The molecular formula is C29H40N4O10Si. The van der Waals surface area contributed by atoms with Gasteiger partial charge in [-0.1, -0.05) is 18.6 Å². The zero-order chi connectivity index (χ0) is 32.7. The fourth-order valence-corrected chi connectivity index (χ4v) is 9.43. The molecule has 14 nitrogen and oxygen atoms in total. The van der Waals surface area contributed by atoms with Crippen molar-refractivity contribution in [3.63, 3.8) is 0 Å². The summed E-state index contributed by atoms with van der Waals surface area (Å²) < 4.78 is 0. The topological polar surface area (TPSA) is 243 Å². The molecule has 240 valence electrons. The van der Waals surface area contributed by atoms with Crippen molar-refractivity contribution in [2.75, 3.05) is 27.3 Å². The Hall–Kier alpha value is -3.60. The minimum atomic E-state index is -2.80. The molecule has 3 aliphatic rings. The molecule has 1 amide bonds. The molecule has 0 aromatic heterocycles. The van der Waals surface area contributed by atoms with Gasteiger partial charge in [0.25, 0.3) is 5.91 Å². The molecule has 15 heteroatoms. The summed E-state index contributed by atoms with van der Waals surface area (Å²) >= 11 is 0. The third kappa shape index (κ3) is 5.55. The van der Waals surface area contributed by atoms with Crippen molar-refractivity contribution >= 4 is 33.0 Å². The number of nitrogens with zero attached hydrogens (tertiary/aromatic N) is 1. The number of unbranched alkanes of at least 4 members (excludes halogenated alkanes) is 1. The summed E-state index contributed by atoms with van der Waals surface area (Å²) in [6.45, 7) is 1.50. The molecule has 44 heavy (non-hydrogen) atoms. The second-order valence-corrected chi connectivity index (χ2v) is 14.9. The lowest BCUT2D eigenvalue weighted by Gasteiger charge is -2.49. The van der Waals surface area contributed by atoms with Crippen LogP contribution in [0.25, 0.3) is 0 Å². The van der Waals surface area contributed by atoms with Crippen LogP contribution in [0.5, 0.6) is 5.75 Å². The van der Waals surface area contributed by atoms with Crippen LogP contribution < -0.4 is 16.4 Å². The maximum Gasteiger partial charge on any atom is 0.320 e. The maximum atomic E-state index is 13.9. The Bertz CT molecular complexity index is 1440. The van der Waals surface area contributed by atoms with Crippen LogP contribution in [0.1, 0.15) is 48.5 Å². The molecule has 1 aliphatic heterocycles. The van der Waals surface area contributed by atoms with Gasteiger partial charge in [-0.15, -0.1) is 0 Å². The Balaban J connectivity index is 1.73. The largest absolute Gasteiger partial charge is 0.510 e. The first-order valence-corrected chi connectivity index (χ1v) is 16.0. The molecule has 0 saturated heterocycles. The summed E-state index contributed by atoms with van der Waals surface area (Å²) in [7, 11) is 1.32. The molecular weight excluding hydrogens is 592 g/mol. The number of ketones is 2. The lowest BCUT2D eigenvalue weighted by Crippen LogP contribution is -2.63. The van der Waals surface area contributed by atoms with E-state index in [1.54, 1.807) is 14.1 Å². The average molecular weight is 633 g/mol. The first-order valence-electron chi connectivity index (χ1n) is 14.4. The lowest BCUT2D eigenvalue weighted by molar-refractivity contribution is -0.147. The molecule has 1 unspecified atom stereocenters. The summed E-state index contributed by atoms with van der Waals surface area (Å²) in [5.74, 6) is -7.76. The van der Waals surface area contributed by atoms with Gasteiger partial charge >= 0.3 is 5.97 Å². The molecule has 1 aromatic rings. The summed E-state index contributed by atoms with van der Waals surface area (Å²) in [4.78, 5) is 54.2. The number of likely N-dealkylation sites (N-methyl/N-ethyl adjacent to an activating group) is 1. The number of aromatic hydroxyl groups is 1. The Kier molecular flexibility index (Phi) is 9.39. The number of hydrogen-bond acceptors (Lipinski definition) is 12. The van der Waals surface area contributed by atoms with Gasteiger partial charge in [0, 0.05) is 11.5 Å². The van der Waals surface area contributed by atoms with E-state index in [0.717, 1.165) is 0 Å². The van der Waals surface area contributed by atoms with Gasteiger partial charge in [0.2, 0.25) is 5.78 Å². The van der Waals surface area contributed by atoms with E-state index in [4.69, 9.17) is 5.73 Å². The zero-order valence-electron chi connectivity index (χ0n) is 24.8. The van der Waals surface area contributed by atoms with E-state index >= 15 is 0 Å². The molecule has 0 spiro atoms. The van der Waals surface area contributed by atoms with Crippen LogP contribution >= 0.6 is 0 Å². The number of carboxylic acid groups (broad SMARTS) is 1. The van der Waals surface area contributed by atoms with Crippen LogP contribution in [0.4, 0.5) is 0 Å². The summed E-state index contributed by atoms with van der Waals surface area (Å²) in [5.41, 5.74) is 0.664. The van der Waals surface area contributed by atoms with Crippen LogP contribution in [-0.2, 0) is 19.6 Å².